The van der Waals surface area contributed by atoms with Gasteiger partial charge in [-0.3, -0.25) is 9.69 Å². The summed E-state index contributed by atoms with van der Waals surface area (Å²) in [6.45, 7) is 5.24. The van der Waals surface area contributed by atoms with Crippen molar-refractivity contribution in [3.05, 3.63) is 67.0 Å². The number of benzene rings is 2. The predicted octanol–water partition coefficient (Wildman–Crippen LogP) is 4.10. The SMILES string of the molecule is O=C(CSc1nc2ccccc2s1)N1CCN(CCn2ccnc2-c2ccccc2)CC1. The second-order valence-electron chi connectivity index (χ2n) is 7.77. The molecule has 0 saturated carbocycles. The normalized spacial score (nSPS) is 14.8. The highest BCUT2D eigenvalue weighted by atomic mass is 32.2. The fourth-order valence-corrected chi connectivity index (χ4v) is 5.91. The first-order valence-electron chi connectivity index (χ1n) is 10.8. The van der Waals surface area contributed by atoms with Crippen LogP contribution in [0.1, 0.15) is 0 Å². The van der Waals surface area contributed by atoms with E-state index in [1.807, 2.05) is 53.7 Å². The van der Waals surface area contributed by atoms with Gasteiger partial charge in [0.05, 0.1) is 16.0 Å². The van der Waals surface area contributed by atoms with Gasteiger partial charge in [0.1, 0.15) is 5.82 Å². The number of fused-ring (bicyclic) bond motifs is 1. The zero-order chi connectivity index (χ0) is 21.8. The molecule has 5 rings (SSSR count). The van der Waals surface area contributed by atoms with E-state index in [0.29, 0.717) is 5.75 Å². The molecule has 1 aliphatic heterocycles. The summed E-state index contributed by atoms with van der Waals surface area (Å²) >= 11 is 3.21. The van der Waals surface area contributed by atoms with Crippen LogP contribution in [0.3, 0.4) is 0 Å². The first-order chi connectivity index (χ1) is 15.8. The van der Waals surface area contributed by atoms with Crippen molar-refractivity contribution in [1.29, 1.82) is 0 Å². The lowest BCUT2D eigenvalue weighted by molar-refractivity contribution is -0.130. The number of para-hydroxylation sites is 1. The van der Waals surface area contributed by atoms with Crippen LogP contribution in [0.4, 0.5) is 0 Å². The molecule has 1 fully saturated rings. The topological polar surface area (TPSA) is 54.3 Å². The number of rotatable bonds is 7. The first-order valence-corrected chi connectivity index (χ1v) is 12.6. The molecule has 0 radical (unpaired) electrons. The van der Waals surface area contributed by atoms with Gasteiger partial charge in [0.25, 0.3) is 0 Å². The summed E-state index contributed by atoms with van der Waals surface area (Å²) in [7, 11) is 0. The highest BCUT2D eigenvalue weighted by molar-refractivity contribution is 8.01. The number of aromatic nitrogens is 3. The first kappa shape index (κ1) is 21.2. The highest BCUT2D eigenvalue weighted by Crippen LogP contribution is 2.29. The van der Waals surface area contributed by atoms with Crippen LogP contribution in [0.25, 0.3) is 21.6 Å². The quantitative estimate of drug-likeness (QED) is 0.386. The van der Waals surface area contributed by atoms with Gasteiger partial charge >= 0.3 is 0 Å². The Morgan fingerprint density at radius 2 is 1.75 bits per heavy atom. The summed E-state index contributed by atoms with van der Waals surface area (Å²) in [5, 5.41) is 0. The van der Waals surface area contributed by atoms with E-state index in [2.05, 4.69) is 37.6 Å². The van der Waals surface area contributed by atoms with Gasteiger partial charge in [-0.05, 0) is 12.1 Å². The largest absolute Gasteiger partial charge is 0.339 e. The minimum Gasteiger partial charge on any atom is -0.339 e. The molecular formula is C24H25N5OS2. The van der Waals surface area contributed by atoms with Gasteiger partial charge in [0.15, 0.2) is 4.34 Å². The third-order valence-corrected chi connectivity index (χ3v) is 7.89. The van der Waals surface area contributed by atoms with Gasteiger partial charge in [0.2, 0.25) is 5.91 Å². The van der Waals surface area contributed by atoms with Crippen LogP contribution in [-0.2, 0) is 11.3 Å². The van der Waals surface area contributed by atoms with Gasteiger partial charge in [-0.2, -0.15) is 0 Å². The summed E-state index contributed by atoms with van der Waals surface area (Å²) in [6, 6.07) is 18.4. The number of imidazole rings is 1. The number of thioether (sulfide) groups is 1. The number of thiazole rings is 1. The molecule has 6 nitrogen and oxygen atoms in total. The maximum atomic E-state index is 12.7. The zero-order valence-corrected chi connectivity index (χ0v) is 19.4. The molecule has 2 aromatic carbocycles. The molecular weight excluding hydrogens is 438 g/mol. The van der Waals surface area contributed by atoms with Crippen LogP contribution < -0.4 is 0 Å². The molecule has 3 heterocycles. The second kappa shape index (κ2) is 9.85. The molecule has 1 saturated heterocycles. The highest BCUT2D eigenvalue weighted by Gasteiger charge is 2.21. The van der Waals surface area contributed by atoms with E-state index < -0.39 is 0 Å². The van der Waals surface area contributed by atoms with Crippen molar-refractivity contribution >= 4 is 39.2 Å². The molecule has 0 aliphatic carbocycles. The third-order valence-electron chi connectivity index (χ3n) is 5.72. The van der Waals surface area contributed by atoms with Gasteiger partial charge in [0, 0.05) is 57.2 Å². The van der Waals surface area contributed by atoms with E-state index in [-0.39, 0.29) is 5.91 Å². The summed E-state index contributed by atoms with van der Waals surface area (Å²) in [6.07, 6.45) is 3.91. The Hall–Kier alpha value is -2.68. The molecule has 1 aliphatic rings. The summed E-state index contributed by atoms with van der Waals surface area (Å²) < 4.78 is 4.35. The van der Waals surface area contributed by atoms with E-state index in [1.54, 1.807) is 23.1 Å². The lowest BCUT2D eigenvalue weighted by atomic mass is 10.2. The van der Waals surface area contributed by atoms with Crippen LogP contribution in [0.2, 0.25) is 0 Å². The lowest BCUT2D eigenvalue weighted by Gasteiger charge is -2.34. The molecule has 0 N–H and O–H groups in total. The fourth-order valence-electron chi connectivity index (χ4n) is 3.93. The van der Waals surface area contributed by atoms with Gasteiger partial charge in [-0.15, -0.1) is 11.3 Å². The molecule has 0 atom stereocenters. The number of hydrogen-bond acceptors (Lipinski definition) is 6. The molecule has 2 aromatic heterocycles. The van der Waals surface area contributed by atoms with Gasteiger partial charge in [-0.25, -0.2) is 9.97 Å². The molecule has 0 bridgehead atoms. The third kappa shape index (κ3) is 4.87. The standard InChI is InChI=1S/C24H25N5OS2/c30-22(18-31-24-26-20-8-4-5-9-21(20)32-24)28-15-12-27(13-16-28)14-17-29-11-10-25-23(29)19-6-2-1-3-7-19/h1-11H,12-18H2. The van der Waals surface area contributed by atoms with Crippen molar-refractivity contribution in [3.63, 3.8) is 0 Å². The molecule has 32 heavy (non-hydrogen) atoms. The number of amides is 1. The lowest BCUT2D eigenvalue weighted by Crippen LogP contribution is -2.49. The maximum absolute atomic E-state index is 12.7. The number of hydrogen-bond donors (Lipinski definition) is 0. The van der Waals surface area contributed by atoms with E-state index in [1.165, 1.54) is 4.70 Å². The summed E-state index contributed by atoms with van der Waals surface area (Å²) in [4.78, 5) is 26.3. The monoisotopic (exact) mass is 463 g/mol. The van der Waals surface area contributed by atoms with Crippen LogP contribution >= 0.6 is 23.1 Å². The Morgan fingerprint density at radius 1 is 0.969 bits per heavy atom. The maximum Gasteiger partial charge on any atom is 0.233 e. The van der Waals surface area contributed by atoms with Crippen molar-refractivity contribution in [2.75, 3.05) is 38.5 Å². The Kier molecular flexibility index (Phi) is 6.52. The van der Waals surface area contributed by atoms with Crippen LogP contribution in [0.5, 0.6) is 0 Å². The van der Waals surface area contributed by atoms with Crippen molar-refractivity contribution in [2.24, 2.45) is 0 Å². The Morgan fingerprint density at radius 3 is 2.56 bits per heavy atom. The van der Waals surface area contributed by atoms with Crippen molar-refractivity contribution in [2.45, 2.75) is 10.9 Å². The van der Waals surface area contributed by atoms with Gasteiger partial charge in [-0.1, -0.05) is 54.2 Å². The molecule has 164 valence electrons. The van der Waals surface area contributed by atoms with Crippen LogP contribution in [0.15, 0.2) is 71.3 Å². The van der Waals surface area contributed by atoms with E-state index in [0.717, 1.165) is 60.5 Å². The Labute approximate surface area is 195 Å². The second-order valence-corrected chi connectivity index (χ2v) is 10.0. The van der Waals surface area contributed by atoms with Crippen LogP contribution in [0, 0.1) is 0 Å². The number of nitrogens with zero attached hydrogens (tertiary/aromatic N) is 5. The average molecular weight is 464 g/mol. The minimum atomic E-state index is 0.204. The number of piperazine rings is 1. The molecule has 0 unspecified atom stereocenters. The zero-order valence-electron chi connectivity index (χ0n) is 17.8. The van der Waals surface area contributed by atoms with E-state index in [4.69, 9.17) is 0 Å². The van der Waals surface area contributed by atoms with Crippen molar-refractivity contribution in [1.82, 2.24) is 24.3 Å². The average Bonchev–Trinajstić information content (AvgIpc) is 3.49. The Bertz CT molecular complexity index is 1150. The summed E-state index contributed by atoms with van der Waals surface area (Å²) in [5.74, 6) is 1.66. The smallest absolute Gasteiger partial charge is 0.233 e. The van der Waals surface area contributed by atoms with E-state index in [9.17, 15) is 4.79 Å². The van der Waals surface area contributed by atoms with Crippen molar-refractivity contribution in [3.8, 4) is 11.4 Å². The fraction of sp³-hybridized carbons (Fsp3) is 0.292. The number of carbonyl (C=O) groups excluding carboxylic acids is 1. The van der Waals surface area contributed by atoms with Gasteiger partial charge < -0.3 is 9.47 Å². The van der Waals surface area contributed by atoms with Crippen molar-refractivity contribution < 1.29 is 4.79 Å². The minimum absolute atomic E-state index is 0.204. The molecule has 0 spiro atoms. The van der Waals surface area contributed by atoms with Crippen LogP contribution in [-0.4, -0.2) is 68.7 Å². The summed E-state index contributed by atoms with van der Waals surface area (Å²) in [5.41, 5.74) is 2.15. The Balaban J connectivity index is 1.08. The number of carbonyl (C=O) groups is 1. The predicted molar refractivity (Wildman–Crippen MR) is 131 cm³/mol. The van der Waals surface area contributed by atoms with E-state index >= 15 is 0 Å². The molecule has 1 amide bonds. The molecule has 4 aromatic rings. The molecule has 8 heteroatoms.